The highest BCUT2D eigenvalue weighted by Gasteiger charge is 2.02. The molecule has 3 heteroatoms. The number of aromatic nitrogens is 1. The van der Waals surface area contributed by atoms with Crippen LogP contribution in [-0.2, 0) is 6.42 Å². The Labute approximate surface area is 90.3 Å². The van der Waals surface area contributed by atoms with E-state index in [9.17, 15) is 0 Å². The molecule has 0 radical (unpaired) electrons. The third kappa shape index (κ3) is 1.49. The first-order valence-electron chi connectivity index (χ1n) is 4.21. The summed E-state index contributed by atoms with van der Waals surface area (Å²) >= 11 is 3.46. The first-order chi connectivity index (χ1) is 6.83. The van der Waals surface area contributed by atoms with Crippen LogP contribution < -0.4 is 0 Å². The van der Waals surface area contributed by atoms with Crippen molar-refractivity contribution in [3.63, 3.8) is 0 Å². The third-order valence-electron chi connectivity index (χ3n) is 2.10. The number of nitriles is 1. The molecule has 0 atom stereocenters. The number of pyridine rings is 1. The molecule has 0 bridgehead atoms. The monoisotopic (exact) mass is 246 g/mol. The lowest BCUT2D eigenvalue weighted by Crippen LogP contribution is -1.87. The van der Waals surface area contributed by atoms with Crippen LogP contribution in [0.15, 0.2) is 35.1 Å². The summed E-state index contributed by atoms with van der Waals surface area (Å²) in [4.78, 5) is 4.11. The minimum Gasteiger partial charge on any atom is -0.264 e. The summed E-state index contributed by atoms with van der Waals surface area (Å²) in [7, 11) is 0. The Bertz CT molecular complexity index is 514. The Morgan fingerprint density at radius 2 is 2.14 bits per heavy atom. The number of fused-ring (bicyclic) bond motifs is 1. The number of nitrogens with zero attached hydrogens (tertiary/aromatic N) is 2. The van der Waals surface area contributed by atoms with E-state index in [1.165, 1.54) is 0 Å². The molecular formula is C11H7BrN2. The number of rotatable bonds is 1. The second-order valence-corrected chi connectivity index (χ2v) is 3.82. The molecule has 0 amide bonds. The fourth-order valence-electron chi connectivity index (χ4n) is 1.45. The molecule has 0 aliphatic rings. The van der Waals surface area contributed by atoms with Crippen LogP contribution in [0.5, 0.6) is 0 Å². The first-order valence-corrected chi connectivity index (χ1v) is 5.00. The molecular weight excluding hydrogens is 240 g/mol. The van der Waals surface area contributed by atoms with Gasteiger partial charge in [-0.3, -0.25) is 4.98 Å². The third-order valence-corrected chi connectivity index (χ3v) is 2.79. The van der Waals surface area contributed by atoms with Crippen LogP contribution in [0.2, 0.25) is 0 Å². The summed E-state index contributed by atoms with van der Waals surface area (Å²) < 4.78 is 1.02. The van der Waals surface area contributed by atoms with Crippen molar-refractivity contribution in [2.24, 2.45) is 0 Å². The average molecular weight is 247 g/mol. The number of halogens is 1. The van der Waals surface area contributed by atoms with E-state index in [1.54, 1.807) is 12.4 Å². The molecule has 0 fully saturated rings. The van der Waals surface area contributed by atoms with Crippen molar-refractivity contribution in [3.8, 4) is 6.07 Å². The highest BCUT2D eigenvalue weighted by atomic mass is 79.9. The molecule has 14 heavy (non-hydrogen) atoms. The topological polar surface area (TPSA) is 36.7 Å². The molecule has 0 saturated heterocycles. The molecule has 1 aromatic heterocycles. The average Bonchev–Trinajstić information content (AvgIpc) is 2.20. The van der Waals surface area contributed by atoms with Crippen LogP contribution in [0, 0.1) is 11.3 Å². The lowest BCUT2D eigenvalue weighted by Gasteiger charge is -2.03. The largest absolute Gasteiger partial charge is 0.264 e. The summed E-state index contributed by atoms with van der Waals surface area (Å²) in [6, 6.07) is 8.09. The lowest BCUT2D eigenvalue weighted by atomic mass is 10.1. The van der Waals surface area contributed by atoms with Gasteiger partial charge in [0.25, 0.3) is 0 Å². The maximum absolute atomic E-state index is 8.66. The number of hydrogen-bond acceptors (Lipinski definition) is 2. The maximum Gasteiger partial charge on any atom is 0.0670 e. The van der Waals surface area contributed by atoms with Crippen molar-refractivity contribution in [1.29, 1.82) is 5.26 Å². The van der Waals surface area contributed by atoms with Gasteiger partial charge in [-0.25, -0.2) is 0 Å². The van der Waals surface area contributed by atoms with E-state index >= 15 is 0 Å². The van der Waals surface area contributed by atoms with E-state index in [2.05, 4.69) is 27.0 Å². The van der Waals surface area contributed by atoms with E-state index in [0.29, 0.717) is 6.42 Å². The van der Waals surface area contributed by atoms with Crippen molar-refractivity contribution in [2.75, 3.05) is 0 Å². The standard InChI is InChI=1S/C11H7BrN2/c12-11-3-1-2-9-8(4-5-13)6-14-7-10(9)11/h1-3,6-7H,4H2. The zero-order valence-corrected chi connectivity index (χ0v) is 8.95. The van der Waals surface area contributed by atoms with Crippen molar-refractivity contribution in [2.45, 2.75) is 6.42 Å². The first kappa shape index (κ1) is 9.17. The molecule has 0 aliphatic carbocycles. The Morgan fingerprint density at radius 3 is 2.93 bits per heavy atom. The van der Waals surface area contributed by atoms with Gasteiger partial charge in [0.1, 0.15) is 0 Å². The summed E-state index contributed by atoms with van der Waals surface area (Å²) in [5.74, 6) is 0. The Morgan fingerprint density at radius 1 is 1.29 bits per heavy atom. The molecule has 0 unspecified atom stereocenters. The van der Waals surface area contributed by atoms with Gasteiger partial charge in [0.2, 0.25) is 0 Å². The van der Waals surface area contributed by atoms with Crippen LogP contribution in [-0.4, -0.2) is 4.98 Å². The molecule has 2 rings (SSSR count). The smallest absolute Gasteiger partial charge is 0.0670 e. The molecule has 2 aromatic rings. The highest BCUT2D eigenvalue weighted by molar-refractivity contribution is 9.10. The van der Waals surface area contributed by atoms with Crippen LogP contribution in [0.3, 0.4) is 0 Å². The highest BCUT2D eigenvalue weighted by Crippen LogP contribution is 2.25. The molecule has 0 spiro atoms. The summed E-state index contributed by atoms with van der Waals surface area (Å²) in [5.41, 5.74) is 0.978. The van der Waals surface area contributed by atoms with E-state index in [1.807, 2.05) is 18.2 Å². The van der Waals surface area contributed by atoms with Gasteiger partial charge in [-0.2, -0.15) is 5.26 Å². The Kier molecular flexibility index (Phi) is 2.47. The molecule has 1 heterocycles. The fraction of sp³-hybridized carbons (Fsp3) is 0.0909. The van der Waals surface area contributed by atoms with Crippen molar-refractivity contribution >= 4 is 26.7 Å². The second-order valence-electron chi connectivity index (χ2n) is 2.97. The van der Waals surface area contributed by atoms with Crippen LogP contribution in [0.1, 0.15) is 5.56 Å². The van der Waals surface area contributed by atoms with Gasteiger partial charge in [0.15, 0.2) is 0 Å². The van der Waals surface area contributed by atoms with E-state index in [0.717, 1.165) is 20.8 Å². The maximum atomic E-state index is 8.66. The molecule has 0 saturated carbocycles. The van der Waals surface area contributed by atoms with Gasteiger partial charge >= 0.3 is 0 Å². The van der Waals surface area contributed by atoms with Gasteiger partial charge in [0.05, 0.1) is 12.5 Å². The van der Waals surface area contributed by atoms with Crippen molar-refractivity contribution in [3.05, 3.63) is 40.6 Å². The van der Waals surface area contributed by atoms with Gasteiger partial charge < -0.3 is 0 Å². The van der Waals surface area contributed by atoms with Crippen LogP contribution in [0.25, 0.3) is 10.8 Å². The summed E-state index contributed by atoms with van der Waals surface area (Å²) in [6.45, 7) is 0. The second kappa shape index (κ2) is 3.77. The van der Waals surface area contributed by atoms with Gasteiger partial charge in [0, 0.05) is 22.3 Å². The predicted molar refractivity (Wildman–Crippen MR) is 58.8 cm³/mol. The Hall–Kier alpha value is -1.40. The molecule has 1 aromatic carbocycles. The number of benzene rings is 1. The minimum atomic E-state index is 0.404. The zero-order valence-electron chi connectivity index (χ0n) is 7.37. The quantitative estimate of drug-likeness (QED) is 0.776. The summed E-state index contributed by atoms with van der Waals surface area (Å²) in [5, 5.41) is 10.8. The summed E-state index contributed by atoms with van der Waals surface area (Å²) in [6.07, 6.45) is 3.96. The SMILES string of the molecule is N#CCc1cncc2c(Br)cccc12. The molecule has 0 aliphatic heterocycles. The molecule has 68 valence electrons. The van der Waals surface area contributed by atoms with Gasteiger partial charge in [-0.1, -0.05) is 28.1 Å². The van der Waals surface area contributed by atoms with Gasteiger partial charge in [-0.05, 0) is 17.0 Å². The van der Waals surface area contributed by atoms with E-state index < -0.39 is 0 Å². The van der Waals surface area contributed by atoms with E-state index in [4.69, 9.17) is 5.26 Å². The number of hydrogen-bond donors (Lipinski definition) is 0. The van der Waals surface area contributed by atoms with Gasteiger partial charge in [-0.15, -0.1) is 0 Å². The van der Waals surface area contributed by atoms with Crippen molar-refractivity contribution < 1.29 is 0 Å². The Balaban J connectivity index is 2.76. The van der Waals surface area contributed by atoms with E-state index in [-0.39, 0.29) is 0 Å². The minimum absolute atomic E-state index is 0.404. The molecule has 0 N–H and O–H groups in total. The molecule has 2 nitrogen and oxygen atoms in total. The van der Waals surface area contributed by atoms with Crippen molar-refractivity contribution in [1.82, 2.24) is 4.98 Å². The fourth-order valence-corrected chi connectivity index (χ4v) is 1.91. The lowest BCUT2D eigenvalue weighted by molar-refractivity contribution is 1.22. The predicted octanol–water partition coefficient (Wildman–Crippen LogP) is 3.06. The van der Waals surface area contributed by atoms with Crippen LogP contribution >= 0.6 is 15.9 Å². The zero-order chi connectivity index (χ0) is 9.97. The van der Waals surface area contributed by atoms with Crippen LogP contribution in [0.4, 0.5) is 0 Å². The normalized spacial score (nSPS) is 10.0.